The Labute approximate surface area is 193 Å². The standard InChI is InChI=1S/C27H38N2O3/c1-12-14-21(27(7,8)9)17-23(18(3)4)32-24-16-15-22(31-24)20(6)29-25(19(5)13-2)26(28-10)30-11/h12,14-18,29H,1,5-6,10,13H2,2-4,7-9,11H3/b21-14?,23-17+,26-25-. The molecule has 0 amide bonds. The summed E-state index contributed by atoms with van der Waals surface area (Å²) >= 11 is 0. The summed E-state index contributed by atoms with van der Waals surface area (Å²) in [5.74, 6) is 2.20. The van der Waals surface area contributed by atoms with Crippen LogP contribution in [0.3, 0.4) is 0 Å². The maximum absolute atomic E-state index is 6.11. The molecule has 0 unspecified atom stereocenters. The molecule has 0 atom stereocenters. The first-order valence-electron chi connectivity index (χ1n) is 10.7. The van der Waals surface area contributed by atoms with Crippen molar-refractivity contribution in [1.82, 2.24) is 5.32 Å². The van der Waals surface area contributed by atoms with Gasteiger partial charge >= 0.3 is 0 Å². The average molecular weight is 439 g/mol. The summed E-state index contributed by atoms with van der Waals surface area (Å²) in [4.78, 5) is 3.92. The number of nitrogens with one attached hydrogen (secondary N) is 1. The molecule has 174 valence electrons. The van der Waals surface area contributed by atoms with Crippen molar-refractivity contribution in [3.8, 4) is 5.95 Å². The normalized spacial score (nSPS) is 13.4. The molecule has 0 aliphatic rings. The molecule has 1 aromatic rings. The van der Waals surface area contributed by atoms with Crippen LogP contribution in [0.15, 0.2) is 88.0 Å². The van der Waals surface area contributed by atoms with Gasteiger partial charge in [-0.3, -0.25) is 0 Å². The fourth-order valence-corrected chi connectivity index (χ4v) is 2.69. The molecule has 5 nitrogen and oxygen atoms in total. The Morgan fingerprint density at radius 2 is 1.91 bits per heavy atom. The van der Waals surface area contributed by atoms with E-state index in [2.05, 4.69) is 71.4 Å². The minimum absolute atomic E-state index is 0.0487. The van der Waals surface area contributed by atoms with E-state index in [9.17, 15) is 0 Å². The van der Waals surface area contributed by atoms with Gasteiger partial charge in [-0.1, -0.05) is 73.4 Å². The van der Waals surface area contributed by atoms with E-state index >= 15 is 0 Å². The van der Waals surface area contributed by atoms with Crippen LogP contribution in [0.4, 0.5) is 0 Å². The van der Waals surface area contributed by atoms with Crippen molar-refractivity contribution in [3.05, 3.63) is 84.3 Å². The van der Waals surface area contributed by atoms with Crippen molar-refractivity contribution in [2.24, 2.45) is 16.3 Å². The Morgan fingerprint density at radius 1 is 1.25 bits per heavy atom. The van der Waals surface area contributed by atoms with Crippen LogP contribution in [0.25, 0.3) is 5.70 Å². The maximum Gasteiger partial charge on any atom is 0.290 e. The molecule has 0 aliphatic carbocycles. The van der Waals surface area contributed by atoms with Gasteiger partial charge in [-0.05, 0) is 41.8 Å². The zero-order valence-corrected chi connectivity index (χ0v) is 20.7. The number of hydrogen-bond acceptors (Lipinski definition) is 5. The first-order valence-corrected chi connectivity index (χ1v) is 10.7. The summed E-state index contributed by atoms with van der Waals surface area (Å²) < 4.78 is 17.3. The lowest BCUT2D eigenvalue weighted by Crippen LogP contribution is -2.15. The minimum Gasteiger partial charge on any atom is -0.480 e. The number of ether oxygens (including phenoxy) is 2. The summed E-state index contributed by atoms with van der Waals surface area (Å²) in [6.45, 7) is 28.1. The van der Waals surface area contributed by atoms with Crippen molar-refractivity contribution in [1.29, 1.82) is 0 Å². The van der Waals surface area contributed by atoms with Crippen LogP contribution in [0, 0.1) is 11.3 Å². The third-order valence-electron chi connectivity index (χ3n) is 4.73. The number of nitrogens with zero attached hydrogens (tertiary/aromatic N) is 1. The van der Waals surface area contributed by atoms with E-state index in [1.54, 1.807) is 18.2 Å². The highest BCUT2D eigenvalue weighted by Gasteiger charge is 2.19. The number of methoxy groups -OCH3 is 1. The van der Waals surface area contributed by atoms with Gasteiger partial charge in [0.1, 0.15) is 11.5 Å². The lowest BCUT2D eigenvalue weighted by Gasteiger charge is -2.22. The van der Waals surface area contributed by atoms with E-state index in [-0.39, 0.29) is 11.3 Å². The molecule has 5 heteroatoms. The lowest BCUT2D eigenvalue weighted by molar-refractivity contribution is 0.280. The Hall–Kier alpha value is -3.21. The average Bonchev–Trinajstić information content (AvgIpc) is 3.20. The van der Waals surface area contributed by atoms with Gasteiger partial charge in [-0.25, -0.2) is 4.99 Å². The summed E-state index contributed by atoms with van der Waals surface area (Å²) in [6.07, 6.45) is 6.55. The van der Waals surface area contributed by atoms with Gasteiger partial charge in [0.15, 0.2) is 5.76 Å². The highest BCUT2D eigenvalue weighted by atomic mass is 16.6. The molecule has 1 heterocycles. The maximum atomic E-state index is 6.11. The summed E-state index contributed by atoms with van der Waals surface area (Å²) in [6, 6.07) is 3.57. The van der Waals surface area contributed by atoms with Gasteiger partial charge in [0.05, 0.1) is 12.8 Å². The Morgan fingerprint density at radius 3 is 2.38 bits per heavy atom. The molecule has 0 aliphatic heterocycles. The number of allylic oxidation sites excluding steroid dienone is 6. The second-order valence-corrected chi connectivity index (χ2v) is 8.63. The topological polar surface area (TPSA) is 56.0 Å². The van der Waals surface area contributed by atoms with Gasteiger partial charge in [-0.2, -0.15) is 0 Å². The molecule has 0 saturated carbocycles. The minimum atomic E-state index is -0.0487. The second kappa shape index (κ2) is 12.0. The SMILES string of the molecule is C=CC=C(/C=C(/Oc1ccc(C(=C)N/C(C(=C)CC)=C(/N=C)OC)o1)C(C)C)C(C)(C)C. The predicted molar refractivity (Wildman–Crippen MR) is 135 cm³/mol. The van der Waals surface area contributed by atoms with Crippen molar-refractivity contribution in [2.45, 2.75) is 48.0 Å². The second-order valence-electron chi connectivity index (χ2n) is 8.63. The zero-order chi connectivity index (χ0) is 24.5. The third kappa shape index (κ3) is 7.49. The quantitative estimate of drug-likeness (QED) is 0.210. The molecule has 0 saturated heterocycles. The van der Waals surface area contributed by atoms with E-state index < -0.39 is 0 Å². The van der Waals surface area contributed by atoms with E-state index in [0.29, 0.717) is 35.4 Å². The summed E-state index contributed by atoms with van der Waals surface area (Å²) in [5, 5.41) is 3.19. The van der Waals surface area contributed by atoms with Crippen LogP contribution >= 0.6 is 0 Å². The number of aliphatic imine (C=N–C) groups is 1. The molecule has 0 bridgehead atoms. The van der Waals surface area contributed by atoms with Crippen LogP contribution in [-0.4, -0.2) is 13.8 Å². The van der Waals surface area contributed by atoms with Gasteiger partial charge in [0, 0.05) is 12.0 Å². The van der Waals surface area contributed by atoms with E-state index in [0.717, 1.165) is 16.9 Å². The van der Waals surface area contributed by atoms with E-state index in [4.69, 9.17) is 13.9 Å². The molecule has 0 aromatic carbocycles. The van der Waals surface area contributed by atoms with Crippen molar-refractivity contribution >= 4 is 12.4 Å². The molecule has 1 rings (SSSR count). The molecular weight excluding hydrogens is 400 g/mol. The largest absolute Gasteiger partial charge is 0.480 e. The number of rotatable bonds is 12. The van der Waals surface area contributed by atoms with Crippen LogP contribution in [-0.2, 0) is 4.74 Å². The first kappa shape index (κ1) is 26.8. The molecule has 1 aromatic heterocycles. The van der Waals surface area contributed by atoms with Gasteiger partial charge in [-0.15, -0.1) is 0 Å². The van der Waals surface area contributed by atoms with Gasteiger partial charge < -0.3 is 19.2 Å². The van der Waals surface area contributed by atoms with E-state index in [1.807, 2.05) is 19.1 Å². The lowest BCUT2D eigenvalue weighted by atomic mass is 9.85. The monoisotopic (exact) mass is 438 g/mol. The molecule has 0 radical (unpaired) electrons. The van der Waals surface area contributed by atoms with Crippen molar-refractivity contribution < 1.29 is 13.9 Å². The van der Waals surface area contributed by atoms with Crippen LogP contribution in [0.2, 0.25) is 0 Å². The molecule has 32 heavy (non-hydrogen) atoms. The van der Waals surface area contributed by atoms with Gasteiger partial charge in [0.25, 0.3) is 5.95 Å². The van der Waals surface area contributed by atoms with Crippen LogP contribution in [0.5, 0.6) is 5.95 Å². The molecule has 1 N–H and O–H groups in total. The number of furan rings is 1. The Bertz CT molecular complexity index is 934. The Balaban J connectivity index is 3.18. The van der Waals surface area contributed by atoms with Gasteiger partial charge in [0.2, 0.25) is 5.88 Å². The fraction of sp³-hybridized carbons (Fsp3) is 0.370. The fourth-order valence-electron chi connectivity index (χ4n) is 2.69. The molecule has 0 fully saturated rings. The molecule has 0 spiro atoms. The first-order chi connectivity index (χ1) is 15.0. The smallest absolute Gasteiger partial charge is 0.290 e. The van der Waals surface area contributed by atoms with Crippen LogP contribution < -0.4 is 10.1 Å². The highest BCUT2D eigenvalue weighted by molar-refractivity contribution is 5.61. The predicted octanol–water partition coefficient (Wildman–Crippen LogP) is 7.40. The summed E-state index contributed by atoms with van der Waals surface area (Å²) in [7, 11) is 1.53. The van der Waals surface area contributed by atoms with Crippen molar-refractivity contribution in [2.75, 3.05) is 7.11 Å². The summed E-state index contributed by atoms with van der Waals surface area (Å²) in [5.41, 5.74) is 3.02. The third-order valence-corrected chi connectivity index (χ3v) is 4.73. The highest BCUT2D eigenvalue weighted by Crippen LogP contribution is 2.31. The van der Waals surface area contributed by atoms with E-state index in [1.165, 1.54) is 7.11 Å². The molecular formula is C27H38N2O3. The Kier molecular flexibility index (Phi) is 10.0. The van der Waals surface area contributed by atoms with Crippen molar-refractivity contribution in [3.63, 3.8) is 0 Å². The van der Waals surface area contributed by atoms with Crippen LogP contribution in [0.1, 0.15) is 53.7 Å². The number of hydrogen-bond donors (Lipinski definition) is 1. The zero-order valence-electron chi connectivity index (χ0n) is 20.7.